The lowest BCUT2D eigenvalue weighted by atomic mass is 10.2. The minimum atomic E-state index is -3.74. The number of anilines is 1. The predicted molar refractivity (Wildman–Crippen MR) is 113 cm³/mol. The molecule has 0 atom stereocenters. The second kappa shape index (κ2) is 9.11. The Bertz CT molecular complexity index is 1070. The van der Waals surface area contributed by atoms with E-state index in [0.717, 1.165) is 17.3 Å². The van der Waals surface area contributed by atoms with E-state index in [4.69, 9.17) is 11.6 Å². The Labute approximate surface area is 175 Å². The number of benzene rings is 2. The summed E-state index contributed by atoms with van der Waals surface area (Å²) in [4.78, 5) is 16.7. The van der Waals surface area contributed by atoms with Crippen LogP contribution in [0, 0.1) is 0 Å². The zero-order chi connectivity index (χ0) is 20.9. The molecule has 1 aromatic heterocycles. The maximum absolute atomic E-state index is 12.8. The highest BCUT2D eigenvalue weighted by Gasteiger charge is 2.22. The number of imidazole rings is 1. The van der Waals surface area contributed by atoms with Gasteiger partial charge in [-0.15, -0.1) is 0 Å². The number of amides is 1. The molecule has 3 aromatic rings. The van der Waals surface area contributed by atoms with Crippen molar-refractivity contribution in [2.75, 3.05) is 17.9 Å². The van der Waals surface area contributed by atoms with Crippen molar-refractivity contribution in [1.82, 2.24) is 14.9 Å². The number of sulfonamides is 1. The van der Waals surface area contributed by atoms with Crippen LogP contribution in [0.5, 0.6) is 0 Å². The second-order valence-corrected chi connectivity index (χ2v) is 8.74. The summed E-state index contributed by atoms with van der Waals surface area (Å²) < 4.78 is 28.7. The summed E-state index contributed by atoms with van der Waals surface area (Å²) in [7, 11) is -2.30. The molecule has 0 radical (unpaired) electrons. The normalized spacial score (nSPS) is 11.2. The largest absolute Gasteiger partial charge is 0.352 e. The van der Waals surface area contributed by atoms with Gasteiger partial charge in [0.1, 0.15) is 0 Å². The molecule has 0 aliphatic heterocycles. The molecule has 9 heteroatoms. The van der Waals surface area contributed by atoms with E-state index in [1.807, 2.05) is 10.8 Å². The maximum atomic E-state index is 12.8. The Kier molecular flexibility index (Phi) is 6.56. The fourth-order valence-corrected chi connectivity index (χ4v) is 4.16. The highest BCUT2D eigenvalue weighted by atomic mass is 35.5. The molecule has 152 valence electrons. The van der Waals surface area contributed by atoms with E-state index in [1.165, 1.54) is 31.3 Å². The SMILES string of the molecule is CN(c1ccc(Cl)c(C(=O)NCCCn2ccnc2)c1)S(=O)(=O)c1ccccc1. The van der Waals surface area contributed by atoms with Crippen molar-refractivity contribution in [3.05, 3.63) is 77.8 Å². The van der Waals surface area contributed by atoms with E-state index in [0.29, 0.717) is 12.2 Å². The third-order valence-electron chi connectivity index (χ3n) is 4.40. The Morgan fingerprint density at radius 2 is 1.97 bits per heavy atom. The molecule has 0 saturated carbocycles. The number of carbonyl (C=O) groups excluding carboxylic acids is 1. The first-order valence-electron chi connectivity index (χ1n) is 8.97. The van der Waals surface area contributed by atoms with Crippen LogP contribution in [0.2, 0.25) is 5.02 Å². The first kappa shape index (κ1) is 20.9. The molecule has 1 N–H and O–H groups in total. The molecule has 1 amide bonds. The number of hydrogen-bond acceptors (Lipinski definition) is 4. The minimum Gasteiger partial charge on any atom is -0.352 e. The predicted octanol–water partition coefficient (Wildman–Crippen LogP) is 3.18. The van der Waals surface area contributed by atoms with E-state index >= 15 is 0 Å². The number of nitrogens with zero attached hydrogens (tertiary/aromatic N) is 3. The van der Waals surface area contributed by atoms with Crippen LogP contribution in [0.25, 0.3) is 0 Å². The van der Waals surface area contributed by atoms with Crippen LogP contribution < -0.4 is 9.62 Å². The van der Waals surface area contributed by atoms with E-state index in [2.05, 4.69) is 10.3 Å². The highest BCUT2D eigenvalue weighted by molar-refractivity contribution is 7.92. The topological polar surface area (TPSA) is 84.3 Å². The number of aromatic nitrogens is 2. The van der Waals surface area contributed by atoms with Crippen molar-refractivity contribution in [2.24, 2.45) is 0 Å². The molecule has 0 spiro atoms. The summed E-state index contributed by atoms with van der Waals surface area (Å²) in [6, 6.07) is 12.7. The first-order chi connectivity index (χ1) is 13.9. The summed E-state index contributed by atoms with van der Waals surface area (Å²) in [5.74, 6) is -0.354. The smallest absolute Gasteiger partial charge is 0.264 e. The van der Waals surface area contributed by atoms with Crippen molar-refractivity contribution in [3.8, 4) is 0 Å². The van der Waals surface area contributed by atoms with Gasteiger partial charge in [0.15, 0.2) is 0 Å². The summed E-state index contributed by atoms with van der Waals surface area (Å²) >= 11 is 6.18. The van der Waals surface area contributed by atoms with E-state index in [9.17, 15) is 13.2 Å². The summed E-state index contributed by atoms with van der Waals surface area (Å²) in [6.07, 6.45) is 5.99. The molecule has 0 aliphatic carbocycles. The van der Waals surface area contributed by atoms with Gasteiger partial charge in [0.05, 0.1) is 27.5 Å². The van der Waals surface area contributed by atoms with Crippen molar-refractivity contribution >= 4 is 33.2 Å². The fraction of sp³-hybridized carbons (Fsp3) is 0.200. The standard InChI is InChI=1S/C20H21ClN4O3S/c1-24(29(27,28)17-6-3-2-4-7-17)16-8-9-19(21)18(14-16)20(26)23-10-5-12-25-13-11-22-15-25/h2-4,6-9,11,13-15H,5,10,12H2,1H3,(H,23,26). The summed E-state index contributed by atoms with van der Waals surface area (Å²) in [5.41, 5.74) is 0.573. The minimum absolute atomic E-state index is 0.169. The summed E-state index contributed by atoms with van der Waals surface area (Å²) in [6.45, 7) is 1.18. The van der Waals surface area contributed by atoms with E-state index in [1.54, 1.807) is 36.8 Å². The van der Waals surface area contributed by atoms with Gasteiger partial charge in [0, 0.05) is 32.5 Å². The lowest BCUT2D eigenvalue weighted by molar-refractivity contribution is 0.0953. The average molecular weight is 433 g/mol. The monoisotopic (exact) mass is 432 g/mol. The van der Waals surface area contributed by atoms with Crippen LogP contribution in [-0.2, 0) is 16.6 Å². The molecule has 3 rings (SSSR count). The molecule has 2 aromatic carbocycles. The van der Waals surface area contributed by atoms with E-state index in [-0.39, 0.29) is 21.4 Å². The zero-order valence-corrected chi connectivity index (χ0v) is 17.4. The molecular weight excluding hydrogens is 412 g/mol. The van der Waals surface area contributed by atoms with Crippen molar-refractivity contribution in [1.29, 1.82) is 0 Å². The quantitative estimate of drug-likeness (QED) is 0.554. The van der Waals surface area contributed by atoms with Crippen LogP contribution in [-0.4, -0.2) is 37.5 Å². The van der Waals surface area contributed by atoms with Gasteiger partial charge >= 0.3 is 0 Å². The highest BCUT2D eigenvalue weighted by Crippen LogP contribution is 2.26. The number of nitrogens with one attached hydrogen (secondary N) is 1. The van der Waals surface area contributed by atoms with Crippen molar-refractivity contribution in [2.45, 2.75) is 17.9 Å². The van der Waals surface area contributed by atoms with Gasteiger partial charge in [-0.3, -0.25) is 9.10 Å². The molecule has 0 fully saturated rings. The number of aryl methyl sites for hydroxylation is 1. The lowest BCUT2D eigenvalue weighted by Crippen LogP contribution is -2.28. The van der Waals surface area contributed by atoms with E-state index < -0.39 is 10.0 Å². The van der Waals surface area contributed by atoms with Gasteiger partial charge in [0.2, 0.25) is 0 Å². The zero-order valence-electron chi connectivity index (χ0n) is 15.8. The van der Waals surface area contributed by atoms with Crippen LogP contribution in [0.15, 0.2) is 72.1 Å². The third-order valence-corrected chi connectivity index (χ3v) is 6.53. The lowest BCUT2D eigenvalue weighted by Gasteiger charge is -2.20. The Balaban J connectivity index is 1.71. The average Bonchev–Trinajstić information content (AvgIpc) is 3.25. The molecule has 7 nitrogen and oxygen atoms in total. The fourth-order valence-electron chi connectivity index (χ4n) is 2.75. The molecular formula is C20H21ClN4O3S. The van der Waals surface area contributed by atoms with Crippen LogP contribution in [0.4, 0.5) is 5.69 Å². The van der Waals surface area contributed by atoms with Crippen LogP contribution in [0.1, 0.15) is 16.8 Å². The van der Waals surface area contributed by atoms with Crippen molar-refractivity contribution < 1.29 is 13.2 Å². The summed E-state index contributed by atoms with van der Waals surface area (Å²) in [5, 5.41) is 3.07. The van der Waals surface area contributed by atoms with Gasteiger partial charge in [-0.25, -0.2) is 13.4 Å². The molecule has 0 unspecified atom stereocenters. The second-order valence-electron chi connectivity index (χ2n) is 6.36. The molecule has 0 saturated heterocycles. The van der Waals surface area contributed by atoms with Crippen molar-refractivity contribution in [3.63, 3.8) is 0 Å². The first-order valence-corrected chi connectivity index (χ1v) is 10.8. The van der Waals surface area contributed by atoms with Gasteiger partial charge in [0.25, 0.3) is 15.9 Å². The number of hydrogen-bond donors (Lipinski definition) is 1. The van der Waals surface area contributed by atoms with Crippen LogP contribution >= 0.6 is 11.6 Å². The number of halogens is 1. The van der Waals surface area contributed by atoms with Gasteiger partial charge in [-0.1, -0.05) is 29.8 Å². The molecule has 0 aliphatic rings. The Morgan fingerprint density at radius 3 is 2.66 bits per heavy atom. The molecule has 0 bridgehead atoms. The number of rotatable bonds is 8. The Morgan fingerprint density at radius 1 is 1.21 bits per heavy atom. The van der Waals surface area contributed by atoms with Gasteiger partial charge in [-0.2, -0.15) is 0 Å². The van der Waals surface area contributed by atoms with Gasteiger partial charge < -0.3 is 9.88 Å². The molecule has 1 heterocycles. The van der Waals surface area contributed by atoms with Crippen LogP contribution in [0.3, 0.4) is 0 Å². The number of carbonyl (C=O) groups is 1. The van der Waals surface area contributed by atoms with Gasteiger partial charge in [-0.05, 0) is 36.8 Å². The third kappa shape index (κ3) is 4.96. The molecule has 29 heavy (non-hydrogen) atoms. The Hall–Kier alpha value is -2.84. The maximum Gasteiger partial charge on any atom is 0.264 e.